The summed E-state index contributed by atoms with van der Waals surface area (Å²) < 4.78 is 1.21. The molecule has 0 unspecified atom stereocenters. The average molecular weight is 395 g/mol. The molecule has 0 spiro atoms. The van der Waals surface area contributed by atoms with Crippen LogP contribution in [0.3, 0.4) is 0 Å². The van der Waals surface area contributed by atoms with Crippen LogP contribution >= 0.6 is 0 Å². The smallest absolute Gasteiger partial charge is 0.105 e. The van der Waals surface area contributed by atoms with Crippen molar-refractivity contribution in [3.05, 3.63) is 71.8 Å². The molecule has 0 N–H and O–H groups in total. The molecule has 0 atom stereocenters. The topological polar surface area (TPSA) is 0 Å². The molecule has 0 amide bonds. The van der Waals surface area contributed by atoms with Gasteiger partial charge in [0.2, 0.25) is 0 Å². The Hall–Kier alpha value is -1.60. The maximum absolute atomic E-state index is 2.33. The highest BCUT2D eigenvalue weighted by Gasteiger charge is 2.27. The lowest BCUT2D eigenvalue weighted by Crippen LogP contribution is -2.48. The van der Waals surface area contributed by atoms with Crippen molar-refractivity contribution < 1.29 is 4.48 Å². The van der Waals surface area contributed by atoms with Gasteiger partial charge in [0.25, 0.3) is 0 Å². The van der Waals surface area contributed by atoms with Gasteiger partial charge in [-0.2, -0.15) is 0 Å². The lowest BCUT2D eigenvalue weighted by Gasteiger charge is -2.39. The van der Waals surface area contributed by atoms with Gasteiger partial charge < -0.3 is 4.48 Å². The third-order valence-electron chi connectivity index (χ3n) is 6.19. The summed E-state index contributed by atoms with van der Waals surface area (Å²) in [5, 5.41) is 0. The average Bonchev–Trinajstić information content (AvgIpc) is 2.75. The van der Waals surface area contributed by atoms with Crippen LogP contribution in [0.25, 0.3) is 0 Å². The number of nitrogens with zero attached hydrogens (tertiary/aromatic N) is 1. The van der Waals surface area contributed by atoms with Crippen LogP contribution in [0.2, 0.25) is 0 Å². The molecule has 0 aliphatic carbocycles. The number of hydrogen-bond acceptors (Lipinski definition) is 0. The molecular formula is C28H44N+. The monoisotopic (exact) mass is 394 g/mol. The van der Waals surface area contributed by atoms with Crippen molar-refractivity contribution in [3.8, 4) is 0 Å². The van der Waals surface area contributed by atoms with Gasteiger partial charge in [0, 0.05) is 11.1 Å². The fourth-order valence-corrected chi connectivity index (χ4v) is 4.53. The van der Waals surface area contributed by atoms with Gasteiger partial charge in [-0.15, -0.1) is 0 Å². The molecule has 0 saturated heterocycles. The van der Waals surface area contributed by atoms with Gasteiger partial charge in [-0.1, -0.05) is 113 Å². The molecule has 0 radical (unpaired) electrons. The van der Waals surface area contributed by atoms with Crippen LogP contribution in [0.1, 0.15) is 89.2 Å². The molecule has 2 rings (SSSR count). The highest BCUT2D eigenvalue weighted by atomic mass is 15.3. The molecule has 0 heterocycles. The Morgan fingerprint density at radius 1 is 0.483 bits per heavy atom. The third-order valence-corrected chi connectivity index (χ3v) is 6.19. The minimum absolute atomic E-state index is 1.16. The van der Waals surface area contributed by atoms with Crippen molar-refractivity contribution in [2.75, 3.05) is 13.1 Å². The zero-order valence-corrected chi connectivity index (χ0v) is 19.1. The van der Waals surface area contributed by atoms with E-state index < -0.39 is 0 Å². The second kappa shape index (κ2) is 14.4. The van der Waals surface area contributed by atoms with Crippen LogP contribution in [0.4, 0.5) is 0 Å². The number of rotatable bonds is 16. The molecule has 0 aliphatic heterocycles. The molecule has 2 aromatic carbocycles. The molecule has 0 bridgehead atoms. The van der Waals surface area contributed by atoms with Crippen molar-refractivity contribution in [2.45, 2.75) is 91.1 Å². The molecule has 160 valence electrons. The van der Waals surface area contributed by atoms with Gasteiger partial charge in [0.05, 0.1) is 13.1 Å². The van der Waals surface area contributed by atoms with Gasteiger partial charge in [0.15, 0.2) is 0 Å². The highest BCUT2D eigenvalue weighted by molar-refractivity contribution is 5.15. The van der Waals surface area contributed by atoms with E-state index in [9.17, 15) is 0 Å². The SMILES string of the molecule is CCCCCCC[N+](CCCCCCC)(Cc1ccccc1)Cc1ccccc1. The quantitative estimate of drug-likeness (QED) is 0.199. The molecule has 0 saturated carbocycles. The maximum Gasteiger partial charge on any atom is 0.105 e. The van der Waals surface area contributed by atoms with Gasteiger partial charge in [0.1, 0.15) is 13.1 Å². The Morgan fingerprint density at radius 2 is 0.862 bits per heavy atom. The Morgan fingerprint density at radius 3 is 1.24 bits per heavy atom. The Kier molecular flexibility index (Phi) is 11.8. The first kappa shape index (κ1) is 23.7. The van der Waals surface area contributed by atoms with E-state index in [1.54, 1.807) is 0 Å². The van der Waals surface area contributed by atoms with E-state index in [0.29, 0.717) is 0 Å². The first-order chi connectivity index (χ1) is 14.3. The van der Waals surface area contributed by atoms with E-state index in [2.05, 4.69) is 74.5 Å². The molecule has 1 heteroatoms. The number of quaternary nitrogens is 1. The summed E-state index contributed by atoms with van der Waals surface area (Å²) >= 11 is 0. The Bertz CT molecular complexity index is 562. The number of benzene rings is 2. The van der Waals surface area contributed by atoms with Crippen LogP contribution in [0, 0.1) is 0 Å². The number of hydrogen-bond donors (Lipinski definition) is 0. The molecule has 0 aromatic heterocycles. The standard InChI is InChI=1S/C28H44N/c1-3-5-7-9-17-23-29(24-18-10-8-6-4-2,25-27-19-13-11-14-20-27)26-28-21-15-12-16-22-28/h11-16,19-22H,3-10,17-18,23-26H2,1-2H3/q+1. The summed E-state index contributed by atoms with van der Waals surface area (Å²) in [6.45, 7) is 9.56. The molecule has 29 heavy (non-hydrogen) atoms. The van der Waals surface area contributed by atoms with Crippen molar-refractivity contribution in [1.82, 2.24) is 0 Å². The van der Waals surface area contributed by atoms with E-state index in [-0.39, 0.29) is 0 Å². The zero-order chi connectivity index (χ0) is 20.6. The van der Waals surface area contributed by atoms with Crippen LogP contribution in [0.5, 0.6) is 0 Å². The summed E-state index contributed by atoms with van der Waals surface area (Å²) in [4.78, 5) is 0. The van der Waals surface area contributed by atoms with Crippen molar-refractivity contribution in [2.24, 2.45) is 0 Å². The summed E-state index contributed by atoms with van der Waals surface area (Å²) in [5.41, 5.74) is 2.98. The molecule has 0 aliphatic rings. The predicted molar refractivity (Wildman–Crippen MR) is 128 cm³/mol. The lowest BCUT2D eigenvalue weighted by molar-refractivity contribution is -0.954. The van der Waals surface area contributed by atoms with Gasteiger partial charge in [-0.05, 0) is 25.7 Å². The van der Waals surface area contributed by atoms with Crippen LogP contribution < -0.4 is 0 Å². The highest BCUT2D eigenvalue weighted by Crippen LogP contribution is 2.24. The number of unbranched alkanes of at least 4 members (excludes halogenated alkanes) is 8. The van der Waals surface area contributed by atoms with E-state index in [0.717, 1.165) is 13.1 Å². The van der Waals surface area contributed by atoms with Crippen LogP contribution in [-0.2, 0) is 13.1 Å². The van der Waals surface area contributed by atoms with E-state index in [1.165, 1.54) is 92.9 Å². The molecule has 1 nitrogen and oxygen atoms in total. The summed E-state index contributed by atoms with van der Waals surface area (Å²) in [7, 11) is 0. The van der Waals surface area contributed by atoms with Crippen molar-refractivity contribution in [3.63, 3.8) is 0 Å². The van der Waals surface area contributed by atoms with Crippen LogP contribution in [0.15, 0.2) is 60.7 Å². The van der Waals surface area contributed by atoms with Crippen molar-refractivity contribution >= 4 is 0 Å². The minimum Gasteiger partial charge on any atom is -0.316 e. The largest absolute Gasteiger partial charge is 0.316 e. The Labute approximate surface area is 180 Å². The Balaban J connectivity index is 2.13. The summed E-state index contributed by atoms with van der Waals surface area (Å²) in [6.07, 6.45) is 13.7. The van der Waals surface area contributed by atoms with Crippen LogP contribution in [-0.4, -0.2) is 17.6 Å². The van der Waals surface area contributed by atoms with E-state index in [1.807, 2.05) is 0 Å². The predicted octanol–water partition coefficient (Wildman–Crippen LogP) is 8.14. The van der Waals surface area contributed by atoms with Gasteiger partial charge in [-0.25, -0.2) is 0 Å². The molecule has 0 fully saturated rings. The molecule has 2 aromatic rings. The first-order valence-electron chi connectivity index (χ1n) is 12.2. The summed E-state index contributed by atoms with van der Waals surface area (Å²) in [5.74, 6) is 0. The third kappa shape index (κ3) is 9.63. The first-order valence-corrected chi connectivity index (χ1v) is 12.2. The van der Waals surface area contributed by atoms with Gasteiger partial charge in [-0.3, -0.25) is 0 Å². The summed E-state index contributed by atoms with van der Waals surface area (Å²) in [6, 6.07) is 22.4. The lowest BCUT2D eigenvalue weighted by atomic mass is 10.1. The maximum atomic E-state index is 2.33. The molecular weight excluding hydrogens is 350 g/mol. The van der Waals surface area contributed by atoms with E-state index >= 15 is 0 Å². The minimum atomic E-state index is 1.16. The second-order valence-electron chi connectivity index (χ2n) is 8.90. The fourth-order valence-electron chi connectivity index (χ4n) is 4.53. The normalized spacial score (nSPS) is 11.7. The fraction of sp³-hybridized carbons (Fsp3) is 0.571. The second-order valence-corrected chi connectivity index (χ2v) is 8.90. The van der Waals surface area contributed by atoms with Crippen molar-refractivity contribution in [1.29, 1.82) is 0 Å². The zero-order valence-electron chi connectivity index (χ0n) is 19.1. The van der Waals surface area contributed by atoms with E-state index in [4.69, 9.17) is 0 Å². The van der Waals surface area contributed by atoms with Gasteiger partial charge >= 0.3 is 0 Å².